The van der Waals surface area contributed by atoms with Crippen LogP contribution in [0.25, 0.3) is 0 Å². The summed E-state index contributed by atoms with van der Waals surface area (Å²) in [6.07, 6.45) is 0. The van der Waals surface area contributed by atoms with Gasteiger partial charge in [0, 0.05) is 6.04 Å². The summed E-state index contributed by atoms with van der Waals surface area (Å²) in [6, 6.07) is 7.88. The number of aliphatic hydroxyl groups is 1. The Hall–Kier alpha value is -1.42. The summed E-state index contributed by atoms with van der Waals surface area (Å²) in [5, 5.41) is 17.8. The van der Waals surface area contributed by atoms with E-state index in [1.165, 1.54) is 0 Å². The highest BCUT2D eigenvalue weighted by atomic mass is 32.2. The molecule has 0 saturated carbocycles. The van der Waals surface area contributed by atoms with Gasteiger partial charge in [0.1, 0.15) is 0 Å². The summed E-state index contributed by atoms with van der Waals surface area (Å²) in [4.78, 5) is 0. The minimum Gasteiger partial charge on any atom is -0.395 e. The van der Waals surface area contributed by atoms with Gasteiger partial charge >= 0.3 is 0 Å². The first-order valence-corrected chi connectivity index (χ1v) is 7.63. The van der Waals surface area contributed by atoms with E-state index in [0.29, 0.717) is 11.1 Å². The quantitative estimate of drug-likeness (QED) is 0.814. The third kappa shape index (κ3) is 4.99. The van der Waals surface area contributed by atoms with E-state index < -0.39 is 16.1 Å². The molecule has 0 amide bonds. The predicted molar refractivity (Wildman–Crippen MR) is 72.6 cm³/mol. The van der Waals surface area contributed by atoms with Gasteiger partial charge in [-0.25, -0.2) is 13.1 Å². The van der Waals surface area contributed by atoms with Crippen LogP contribution < -0.4 is 4.72 Å². The Balaban J connectivity index is 2.76. The molecule has 5 nitrogen and oxygen atoms in total. The molecule has 0 spiro atoms. The van der Waals surface area contributed by atoms with Gasteiger partial charge in [-0.2, -0.15) is 5.26 Å². The summed E-state index contributed by atoms with van der Waals surface area (Å²) < 4.78 is 26.4. The molecule has 1 atom stereocenters. The van der Waals surface area contributed by atoms with Crippen molar-refractivity contribution in [2.45, 2.75) is 25.6 Å². The maximum absolute atomic E-state index is 11.9. The van der Waals surface area contributed by atoms with Gasteiger partial charge in [-0.15, -0.1) is 0 Å². The van der Waals surface area contributed by atoms with Crippen LogP contribution in [0.1, 0.15) is 25.0 Å². The number of hydrogen-bond donors (Lipinski definition) is 2. The Morgan fingerprint density at radius 2 is 1.89 bits per heavy atom. The highest BCUT2D eigenvalue weighted by molar-refractivity contribution is 7.88. The number of nitrogens with zero attached hydrogens (tertiary/aromatic N) is 1. The maximum atomic E-state index is 11.9. The molecule has 1 unspecified atom stereocenters. The van der Waals surface area contributed by atoms with E-state index in [-0.39, 0.29) is 18.3 Å². The summed E-state index contributed by atoms with van der Waals surface area (Å²) in [7, 11) is -3.50. The van der Waals surface area contributed by atoms with E-state index in [0.717, 1.165) is 0 Å². The minimum absolute atomic E-state index is 0.0146. The van der Waals surface area contributed by atoms with Crippen LogP contribution in [0.3, 0.4) is 0 Å². The molecular formula is C13H18N2O3S. The first-order valence-electron chi connectivity index (χ1n) is 5.98. The van der Waals surface area contributed by atoms with Gasteiger partial charge in [-0.05, 0) is 23.6 Å². The SMILES string of the molecule is CC(C)C(CO)NS(=O)(=O)Cc1ccc(C#N)cc1. The van der Waals surface area contributed by atoms with Crippen LogP contribution in [-0.4, -0.2) is 26.2 Å². The highest BCUT2D eigenvalue weighted by Gasteiger charge is 2.20. The molecule has 1 rings (SSSR count). The van der Waals surface area contributed by atoms with E-state index >= 15 is 0 Å². The molecule has 1 aromatic rings. The van der Waals surface area contributed by atoms with Crippen molar-refractivity contribution in [3.63, 3.8) is 0 Å². The lowest BCUT2D eigenvalue weighted by Crippen LogP contribution is -2.41. The van der Waals surface area contributed by atoms with Crippen molar-refractivity contribution in [2.75, 3.05) is 6.61 Å². The third-order valence-electron chi connectivity index (χ3n) is 2.77. The minimum atomic E-state index is -3.50. The smallest absolute Gasteiger partial charge is 0.216 e. The predicted octanol–water partition coefficient (Wildman–Crippen LogP) is 0.995. The number of hydrogen-bond acceptors (Lipinski definition) is 4. The molecule has 0 aromatic heterocycles. The Morgan fingerprint density at radius 1 is 1.32 bits per heavy atom. The molecule has 1 aromatic carbocycles. The number of nitrogens with one attached hydrogen (secondary N) is 1. The second-order valence-electron chi connectivity index (χ2n) is 4.72. The van der Waals surface area contributed by atoms with Gasteiger partial charge in [0.15, 0.2) is 0 Å². The summed E-state index contributed by atoms with van der Waals surface area (Å²) in [6.45, 7) is 3.44. The average molecular weight is 282 g/mol. The molecule has 0 heterocycles. The van der Waals surface area contributed by atoms with Gasteiger partial charge in [0.05, 0.1) is 24.0 Å². The molecule has 104 valence electrons. The van der Waals surface area contributed by atoms with E-state index in [4.69, 9.17) is 10.4 Å². The van der Waals surface area contributed by atoms with Crippen LogP contribution in [0.2, 0.25) is 0 Å². The van der Waals surface area contributed by atoms with E-state index in [9.17, 15) is 8.42 Å². The number of benzene rings is 1. The van der Waals surface area contributed by atoms with Gasteiger partial charge in [0.2, 0.25) is 10.0 Å². The first kappa shape index (κ1) is 15.6. The van der Waals surface area contributed by atoms with Gasteiger partial charge in [-0.3, -0.25) is 0 Å². The van der Waals surface area contributed by atoms with Crippen LogP contribution in [-0.2, 0) is 15.8 Å². The second kappa shape index (κ2) is 6.66. The number of sulfonamides is 1. The topological polar surface area (TPSA) is 90.2 Å². The molecule has 0 bridgehead atoms. The summed E-state index contributed by atoms with van der Waals surface area (Å²) >= 11 is 0. The van der Waals surface area contributed by atoms with E-state index in [1.54, 1.807) is 24.3 Å². The Bertz CT molecular complexity index is 544. The summed E-state index contributed by atoms with van der Waals surface area (Å²) in [5.41, 5.74) is 1.09. The van der Waals surface area contributed by atoms with Gasteiger partial charge in [0.25, 0.3) is 0 Å². The molecule has 0 aliphatic carbocycles. The molecule has 0 radical (unpaired) electrons. The van der Waals surface area contributed by atoms with Crippen LogP contribution in [0.5, 0.6) is 0 Å². The van der Waals surface area contributed by atoms with Gasteiger partial charge in [-0.1, -0.05) is 26.0 Å². The van der Waals surface area contributed by atoms with E-state index in [1.807, 2.05) is 19.9 Å². The molecule has 0 saturated heterocycles. The van der Waals surface area contributed by atoms with Crippen molar-refractivity contribution in [3.8, 4) is 6.07 Å². The number of rotatable bonds is 6. The molecule has 0 aliphatic rings. The fourth-order valence-electron chi connectivity index (χ4n) is 1.55. The fraction of sp³-hybridized carbons (Fsp3) is 0.462. The van der Waals surface area contributed by atoms with Crippen molar-refractivity contribution < 1.29 is 13.5 Å². The fourth-order valence-corrected chi connectivity index (χ4v) is 3.07. The van der Waals surface area contributed by atoms with Crippen molar-refractivity contribution >= 4 is 10.0 Å². The lowest BCUT2D eigenvalue weighted by atomic mass is 10.1. The molecule has 0 aliphatic heterocycles. The van der Waals surface area contributed by atoms with Crippen molar-refractivity contribution in [1.82, 2.24) is 4.72 Å². The van der Waals surface area contributed by atoms with Gasteiger partial charge < -0.3 is 5.11 Å². The molecule has 6 heteroatoms. The first-order chi connectivity index (χ1) is 8.88. The largest absolute Gasteiger partial charge is 0.395 e. The van der Waals surface area contributed by atoms with Crippen LogP contribution >= 0.6 is 0 Å². The van der Waals surface area contributed by atoms with Crippen LogP contribution in [0, 0.1) is 17.2 Å². The monoisotopic (exact) mass is 282 g/mol. The zero-order valence-electron chi connectivity index (χ0n) is 11.0. The normalized spacial score (nSPS) is 13.2. The lowest BCUT2D eigenvalue weighted by molar-refractivity contribution is 0.227. The second-order valence-corrected chi connectivity index (χ2v) is 6.47. The zero-order valence-corrected chi connectivity index (χ0v) is 11.8. The Labute approximate surface area is 113 Å². The molecule has 0 fully saturated rings. The van der Waals surface area contributed by atoms with Crippen molar-refractivity contribution in [2.24, 2.45) is 5.92 Å². The third-order valence-corrected chi connectivity index (χ3v) is 4.15. The van der Waals surface area contributed by atoms with Crippen molar-refractivity contribution in [1.29, 1.82) is 5.26 Å². The molecule has 19 heavy (non-hydrogen) atoms. The van der Waals surface area contributed by atoms with E-state index in [2.05, 4.69) is 4.72 Å². The summed E-state index contributed by atoms with van der Waals surface area (Å²) in [5.74, 6) is -0.150. The standard InChI is InChI=1S/C13H18N2O3S/c1-10(2)13(8-16)15-19(17,18)9-12-5-3-11(7-14)4-6-12/h3-6,10,13,15-16H,8-9H2,1-2H3. The molecular weight excluding hydrogens is 264 g/mol. The van der Waals surface area contributed by atoms with Crippen LogP contribution in [0.15, 0.2) is 24.3 Å². The number of aliphatic hydroxyl groups excluding tert-OH is 1. The average Bonchev–Trinajstić information content (AvgIpc) is 2.36. The lowest BCUT2D eigenvalue weighted by Gasteiger charge is -2.19. The highest BCUT2D eigenvalue weighted by Crippen LogP contribution is 2.09. The molecule has 2 N–H and O–H groups in total. The zero-order chi connectivity index (χ0) is 14.5. The Kier molecular flexibility index (Phi) is 5.48. The number of nitriles is 1. The van der Waals surface area contributed by atoms with Crippen molar-refractivity contribution in [3.05, 3.63) is 35.4 Å². The van der Waals surface area contributed by atoms with Crippen LogP contribution in [0.4, 0.5) is 0 Å². The Morgan fingerprint density at radius 3 is 2.32 bits per heavy atom. The maximum Gasteiger partial charge on any atom is 0.216 e.